The SMILES string of the molecule is CC(C)n1nc2c(c1CO)CNCC2. The summed E-state index contributed by atoms with van der Waals surface area (Å²) in [4.78, 5) is 0. The molecule has 1 aliphatic heterocycles. The Morgan fingerprint density at radius 1 is 1.57 bits per heavy atom. The predicted molar refractivity (Wildman–Crippen MR) is 53.9 cm³/mol. The van der Waals surface area contributed by atoms with Gasteiger partial charge in [0, 0.05) is 31.1 Å². The zero-order valence-electron chi connectivity index (χ0n) is 8.75. The lowest BCUT2D eigenvalue weighted by Crippen LogP contribution is -2.23. The smallest absolute Gasteiger partial charge is 0.0853 e. The number of hydrogen-bond donors (Lipinski definition) is 2. The van der Waals surface area contributed by atoms with Crippen LogP contribution in [0, 0.1) is 0 Å². The topological polar surface area (TPSA) is 50.1 Å². The molecule has 78 valence electrons. The molecule has 0 aliphatic carbocycles. The second kappa shape index (κ2) is 3.71. The molecule has 4 heteroatoms. The number of aromatic nitrogens is 2. The van der Waals surface area contributed by atoms with E-state index in [0.29, 0.717) is 6.04 Å². The van der Waals surface area contributed by atoms with E-state index in [9.17, 15) is 5.11 Å². The van der Waals surface area contributed by atoms with E-state index in [1.807, 2.05) is 4.68 Å². The zero-order chi connectivity index (χ0) is 10.1. The number of fused-ring (bicyclic) bond motifs is 1. The molecule has 14 heavy (non-hydrogen) atoms. The lowest BCUT2D eigenvalue weighted by molar-refractivity contribution is 0.262. The van der Waals surface area contributed by atoms with Gasteiger partial charge in [0.25, 0.3) is 0 Å². The Balaban J connectivity index is 2.46. The van der Waals surface area contributed by atoms with Gasteiger partial charge < -0.3 is 10.4 Å². The van der Waals surface area contributed by atoms with Crippen LogP contribution in [0.1, 0.15) is 36.8 Å². The number of hydrogen-bond acceptors (Lipinski definition) is 3. The molecule has 0 bridgehead atoms. The number of nitrogens with one attached hydrogen (secondary N) is 1. The van der Waals surface area contributed by atoms with Gasteiger partial charge in [-0.1, -0.05) is 0 Å². The lowest BCUT2D eigenvalue weighted by atomic mass is 10.1. The van der Waals surface area contributed by atoms with Gasteiger partial charge in [-0.25, -0.2) is 0 Å². The van der Waals surface area contributed by atoms with E-state index in [2.05, 4.69) is 24.3 Å². The average Bonchev–Trinajstić information content (AvgIpc) is 2.56. The van der Waals surface area contributed by atoms with Crippen molar-refractivity contribution in [1.82, 2.24) is 15.1 Å². The maximum absolute atomic E-state index is 9.32. The van der Waals surface area contributed by atoms with Gasteiger partial charge in [-0.15, -0.1) is 0 Å². The van der Waals surface area contributed by atoms with Gasteiger partial charge in [0.15, 0.2) is 0 Å². The van der Waals surface area contributed by atoms with Crippen molar-refractivity contribution in [3.63, 3.8) is 0 Å². The molecular formula is C10H17N3O. The van der Waals surface area contributed by atoms with Crippen LogP contribution >= 0.6 is 0 Å². The van der Waals surface area contributed by atoms with Crippen molar-refractivity contribution in [2.75, 3.05) is 6.54 Å². The van der Waals surface area contributed by atoms with Crippen LogP contribution in [0.3, 0.4) is 0 Å². The molecule has 1 aromatic heterocycles. The molecule has 0 saturated carbocycles. The van der Waals surface area contributed by atoms with Crippen molar-refractivity contribution in [3.05, 3.63) is 17.0 Å². The van der Waals surface area contributed by atoms with Crippen molar-refractivity contribution in [2.45, 2.75) is 39.5 Å². The average molecular weight is 195 g/mol. The van der Waals surface area contributed by atoms with E-state index in [1.54, 1.807) is 0 Å². The number of aliphatic hydroxyl groups excluding tert-OH is 1. The highest BCUT2D eigenvalue weighted by atomic mass is 16.3. The fourth-order valence-corrected chi connectivity index (χ4v) is 1.98. The molecule has 0 aromatic carbocycles. The van der Waals surface area contributed by atoms with Crippen LogP contribution in [0.5, 0.6) is 0 Å². The first-order valence-corrected chi connectivity index (χ1v) is 5.14. The van der Waals surface area contributed by atoms with Gasteiger partial charge in [0.1, 0.15) is 0 Å². The second-order valence-electron chi connectivity index (χ2n) is 4.00. The van der Waals surface area contributed by atoms with Crippen LogP contribution < -0.4 is 5.32 Å². The third kappa shape index (κ3) is 1.44. The van der Waals surface area contributed by atoms with Crippen molar-refractivity contribution >= 4 is 0 Å². The highest BCUT2D eigenvalue weighted by Crippen LogP contribution is 2.21. The predicted octanol–water partition coefficient (Wildman–Crippen LogP) is 0.602. The molecule has 0 atom stereocenters. The van der Waals surface area contributed by atoms with E-state index in [4.69, 9.17) is 0 Å². The minimum absolute atomic E-state index is 0.0855. The molecule has 2 rings (SSSR count). The van der Waals surface area contributed by atoms with Crippen molar-refractivity contribution in [2.24, 2.45) is 0 Å². The summed E-state index contributed by atoms with van der Waals surface area (Å²) >= 11 is 0. The Morgan fingerprint density at radius 2 is 2.36 bits per heavy atom. The maximum atomic E-state index is 9.32. The summed E-state index contributed by atoms with van der Waals surface area (Å²) in [5.74, 6) is 0. The van der Waals surface area contributed by atoms with Crippen LogP contribution in [0.4, 0.5) is 0 Å². The van der Waals surface area contributed by atoms with Crippen LogP contribution in [0.15, 0.2) is 0 Å². The summed E-state index contributed by atoms with van der Waals surface area (Å²) in [6, 6.07) is 0.322. The van der Waals surface area contributed by atoms with Crippen molar-refractivity contribution in [1.29, 1.82) is 0 Å². The second-order valence-corrected chi connectivity index (χ2v) is 4.00. The van der Waals surface area contributed by atoms with E-state index >= 15 is 0 Å². The third-order valence-electron chi connectivity index (χ3n) is 2.68. The largest absolute Gasteiger partial charge is 0.390 e. The zero-order valence-corrected chi connectivity index (χ0v) is 8.75. The van der Waals surface area contributed by atoms with E-state index in [-0.39, 0.29) is 6.61 Å². The first-order valence-electron chi connectivity index (χ1n) is 5.14. The molecule has 2 heterocycles. The molecule has 0 spiro atoms. The minimum atomic E-state index is 0.0855. The minimum Gasteiger partial charge on any atom is -0.390 e. The molecule has 0 amide bonds. The highest BCUT2D eigenvalue weighted by molar-refractivity contribution is 5.28. The fraction of sp³-hybridized carbons (Fsp3) is 0.700. The van der Waals surface area contributed by atoms with Crippen LogP contribution in [0.25, 0.3) is 0 Å². The summed E-state index contributed by atoms with van der Waals surface area (Å²) in [5.41, 5.74) is 3.33. The van der Waals surface area contributed by atoms with Crippen LogP contribution in [-0.4, -0.2) is 21.4 Å². The quantitative estimate of drug-likeness (QED) is 0.726. The first kappa shape index (κ1) is 9.68. The summed E-state index contributed by atoms with van der Waals surface area (Å²) in [7, 11) is 0. The Labute approximate surface area is 83.9 Å². The standard InChI is InChI=1S/C10H17N3O/c1-7(2)13-10(6-14)8-5-11-4-3-9(8)12-13/h7,11,14H,3-6H2,1-2H3. The van der Waals surface area contributed by atoms with E-state index in [1.165, 1.54) is 5.56 Å². The molecule has 0 fully saturated rings. The van der Waals surface area contributed by atoms with Crippen molar-refractivity contribution < 1.29 is 5.11 Å². The van der Waals surface area contributed by atoms with Gasteiger partial charge in [-0.05, 0) is 13.8 Å². The van der Waals surface area contributed by atoms with E-state index < -0.39 is 0 Å². The van der Waals surface area contributed by atoms with Gasteiger partial charge in [-0.3, -0.25) is 4.68 Å². The number of nitrogens with zero attached hydrogens (tertiary/aromatic N) is 2. The number of aliphatic hydroxyl groups is 1. The first-order chi connectivity index (χ1) is 6.74. The van der Waals surface area contributed by atoms with E-state index in [0.717, 1.165) is 30.9 Å². The van der Waals surface area contributed by atoms with Gasteiger partial charge in [0.2, 0.25) is 0 Å². The molecule has 0 saturated heterocycles. The summed E-state index contributed by atoms with van der Waals surface area (Å²) in [6.07, 6.45) is 0.974. The summed E-state index contributed by atoms with van der Waals surface area (Å²) in [6.45, 7) is 6.10. The van der Waals surface area contributed by atoms with Crippen molar-refractivity contribution in [3.8, 4) is 0 Å². The monoisotopic (exact) mass is 195 g/mol. The Morgan fingerprint density at radius 3 is 3.00 bits per heavy atom. The maximum Gasteiger partial charge on any atom is 0.0853 e. The Hall–Kier alpha value is -0.870. The van der Waals surface area contributed by atoms with Gasteiger partial charge >= 0.3 is 0 Å². The molecule has 0 unspecified atom stereocenters. The molecule has 4 nitrogen and oxygen atoms in total. The summed E-state index contributed by atoms with van der Waals surface area (Å²) < 4.78 is 1.94. The van der Waals surface area contributed by atoms with Gasteiger partial charge in [0.05, 0.1) is 18.0 Å². The fourth-order valence-electron chi connectivity index (χ4n) is 1.98. The highest BCUT2D eigenvalue weighted by Gasteiger charge is 2.20. The molecule has 2 N–H and O–H groups in total. The Kier molecular flexibility index (Phi) is 2.56. The third-order valence-corrected chi connectivity index (χ3v) is 2.68. The molecule has 1 aliphatic rings. The molecule has 0 radical (unpaired) electrons. The summed E-state index contributed by atoms with van der Waals surface area (Å²) in [5, 5.41) is 17.2. The number of rotatable bonds is 2. The molecular weight excluding hydrogens is 178 g/mol. The molecule has 1 aromatic rings. The lowest BCUT2D eigenvalue weighted by Gasteiger charge is -2.12. The normalized spacial score (nSPS) is 16.0. The van der Waals surface area contributed by atoms with Gasteiger partial charge in [-0.2, -0.15) is 5.10 Å². The van der Waals surface area contributed by atoms with Crippen LogP contribution in [0.2, 0.25) is 0 Å². The Bertz CT molecular complexity index is 330. The van der Waals surface area contributed by atoms with Crippen LogP contribution in [-0.2, 0) is 19.6 Å².